The van der Waals surface area contributed by atoms with Gasteiger partial charge >= 0.3 is 11.9 Å². The fourth-order valence-electron chi connectivity index (χ4n) is 1.06. The average molecular weight is 264 g/mol. The van der Waals surface area contributed by atoms with E-state index < -0.39 is 11.9 Å². The van der Waals surface area contributed by atoms with Crippen molar-refractivity contribution < 1.29 is 19.1 Å². The lowest BCUT2D eigenvalue weighted by molar-refractivity contribution is 0.0555. The van der Waals surface area contributed by atoms with Crippen LogP contribution in [0.5, 0.6) is 0 Å². The molecule has 0 unspecified atom stereocenters. The third kappa shape index (κ3) is 5.86. The minimum absolute atomic E-state index is 0.210. The maximum absolute atomic E-state index is 11.2. The minimum Gasteiger partial charge on any atom is -0.465 e. The minimum atomic E-state index is -0.550. The Kier molecular flexibility index (Phi) is 7.93. The zero-order valence-electron chi connectivity index (χ0n) is 12.0. The van der Waals surface area contributed by atoms with Crippen LogP contribution in [0.4, 0.5) is 0 Å². The van der Waals surface area contributed by atoms with Crippen molar-refractivity contribution in [2.24, 2.45) is 0 Å². The highest BCUT2D eigenvalue weighted by molar-refractivity contribution is 6.02. The van der Waals surface area contributed by atoms with Gasteiger partial charge in [0.1, 0.15) is 0 Å². The molecule has 104 valence electrons. The number of benzene rings is 1. The third-order valence-electron chi connectivity index (χ3n) is 2.32. The smallest absolute Gasteiger partial charge is 0.338 e. The van der Waals surface area contributed by atoms with Crippen molar-refractivity contribution in [1.29, 1.82) is 0 Å². The Labute approximate surface area is 114 Å². The van der Waals surface area contributed by atoms with Gasteiger partial charge in [-0.2, -0.15) is 0 Å². The van der Waals surface area contributed by atoms with Gasteiger partial charge in [0.2, 0.25) is 0 Å². The summed E-state index contributed by atoms with van der Waals surface area (Å²) in [5.74, 6) is -1.10. The molecule has 19 heavy (non-hydrogen) atoms. The van der Waals surface area contributed by atoms with Gasteiger partial charge in [0.05, 0.1) is 25.3 Å². The largest absolute Gasteiger partial charge is 0.465 e. The summed E-state index contributed by atoms with van der Waals surface area (Å²) in [4.78, 5) is 22.4. The number of allylic oxidation sites excluding steroid dienone is 2. The summed E-state index contributed by atoms with van der Waals surface area (Å²) in [6, 6.07) is 6.33. The molecule has 0 atom stereocenters. The first kappa shape index (κ1) is 16.9. The average Bonchev–Trinajstić information content (AvgIpc) is 2.46. The van der Waals surface area contributed by atoms with Gasteiger partial charge in [0.15, 0.2) is 0 Å². The summed E-state index contributed by atoms with van der Waals surface area (Å²) >= 11 is 0. The molecule has 0 spiro atoms. The number of ether oxygens (including phenoxy) is 2. The zero-order chi connectivity index (χ0) is 14.8. The van der Waals surface area contributed by atoms with E-state index in [1.807, 2.05) is 6.92 Å². The first-order chi connectivity index (χ1) is 8.97. The Morgan fingerprint density at radius 2 is 1.26 bits per heavy atom. The van der Waals surface area contributed by atoms with Gasteiger partial charge < -0.3 is 9.47 Å². The Hall–Kier alpha value is -2.10. The van der Waals surface area contributed by atoms with E-state index in [1.54, 1.807) is 12.1 Å². The van der Waals surface area contributed by atoms with Gasteiger partial charge in [-0.1, -0.05) is 23.8 Å². The molecule has 0 N–H and O–H groups in total. The van der Waals surface area contributed by atoms with Crippen molar-refractivity contribution in [2.75, 3.05) is 14.2 Å². The Morgan fingerprint density at radius 3 is 1.47 bits per heavy atom. The van der Waals surface area contributed by atoms with E-state index in [-0.39, 0.29) is 11.1 Å². The molecule has 0 heterocycles. The van der Waals surface area contributed by atoms with Crippen LogP contribution in [0.1, 0.15) is 41.5 Å². The molecule has 1 aromatic carbocycles. The molecule has 0 amide bonds. The monoisotopic (exact) mass is 264 g/mol. The van der Waals surface area contributed by atoms with Crippen LogP contribution in [-0.4, -0.2) is 26.2 Å². The molecular formula is C15H20O4. The van der Waals surface area contributed by atoms with E-state index in [0.29, 0.717) is 0 Å². The molecule has 0 aliphatic heterocycles. The van der Waals surface area contributed by atoms with Gasteiger partial charge in [-0.05, 0) is 32.9 Å². The molecule has 0 fully saturated rings. The number of rotatable bonds is 2. The highest BCUT2D eigenvalue weighted by Crippen LogP contribution is 2.10. The van der Waals surface area contributed by atoms with Crippen LogP contribution < -0.4 is 0 Å². The van der Waals surface area contributed by atoms with Crippen molar-refractivity contribution in [1.82, 2.24) is 0 Å². The van der Waals surface area contributed by atoms with Crippen molar-refractivity contribution in [3.63, 3.8) is 0 Å². The van der Waals surface area contributed by atoms with Crippen LogP contribution in [0.15, 0.2) is 35.9 Å². The topological polar surface area (TPSA) is 52.6 Å². The maximum Gasteiger partial charge on any atom is 0.338 e. The normalized spacial score (nSPS) is 8.68. The van der Waals surface area contributed by atoms with E-state index in [0.717, 1.165) is 0 Å². The quantitative estimate of drug-likeness (QED) is 0.608. The van der Waals surface area contributed by atoms with E-state index in [1.165, 1.54) is 31.9 Å². The first-order valence-electron chi connectivity index (χ1n) is 5.83. The molecular weight excluding hydrogens is 244 g/mol. The SMILES string of the molecule is CC=C(C)C.COC(=O)c1ccccc1C(=O)OC. The number of hydrogen-bond donors (Lipinski definition) is 0. The second-order valence-electron chi connectivity index (χ2n) is 3.89. The molecule has 0 saturated heterocycles. The van der Waals surface area contributed by atoms with Crippen LogP contribution in [0.2, 0.25) is 0 Å². The van der Waals surface area contributed by atoms with Crippen molar-refractivity contribution in [3.05, 3.63) is 47.0 Å². The fraction of sp³-hybridized carbons (Fsp3) is 0.333. The van der Waals surface area contributed by atoms with Crippen molar-refractivity contribution in [3.8, 4) is 0 Å². The van der Waals surface area contributed by atoms with Gasteiger partial charge in [0.25, 0.3) is 0 Å². The first-order valence-corrected chi connectivity index (χ1v) is 5.83. The summed E-state index contributed by atoms with van der Waals surface area (Å²) in [6.45, 7) is 6.20. The maximum atomic E-state index is 11.2. The molecule has 0 aliphatic carbocycles. The van der Waals surface area contributed by atoms with Crippen molar-refractivity contribution >= 4 is 11.9 Å². The molecule has 0 radical (unpaired) electrons. The standard InChI is InChI=1S/C10H10O4.C5H10/c1-13-9(11)7-5-3-4-6-8(7)10(12)14-2;1-4-5(2)3/h3-6H,1-2H3;4H,1-3H3. The predicted octanol–water partition coefficient (Wildman–Crippen LogP) is 3.23. The van der Waals surface area contributed by atoms with E-state index in [9.17, 15) is 9.59 Å². The van der Waals surface area contributed by atoms with Crippen LogP contribution in [0.3, 0.4) is 0 Å². The number of esters is 2. The third-order valence-corrected chi connectivity index (χ3v) is 2.32. The van der Waals surface area contributed by atoms with E-state index in [2.05, 4.69) is 29.4 Å². The van der Waals surface area contributed by atoms with Crippen LogP contribution >= 0.6 is 0 Å². The van der Waals surface area contributed by atoms with Crippen LogP contribution in [-0.2, 0) is 9.47 Å². The summed E-state index contributed by atoms with van der Waals surface area (Å²) in [5, 5.41) is 0. The number of carbonyl (C=O) groups excluding carboxylic acids is 2. The highest BCUT2D eigenvalue weighted by Gasteiger charge is 2.16. The predicted molar refractivity (Wildman–Crippen MR) is 74.2 cm³/mol. The lowest BCUT2D eigenvalue weighted by atomic mass is 10.1. The molecule has 0 saturated carbocycles. The highest BCUT2D eigenvalue weighted by atomic mass is 16.5. The van der Waals surface area contributed by atoms with E-state index in [4.69, 9.17) is 0 Å². The Bertz CT molecular complexity index is 422. The zero-order valence-corrected chi connectivity index (χ0v) is 12.0. The van der Waals surface area contributed by atoms with Crippen molar-refractivity contribution in [2.45, 2.75) is 20.8 Å². The second kappa shape index (κ2) is 8.91. The molecule has 4 nitrogen and oxygen atoms in total. The Balaban J connectivity index is 0.000000555. The second-order valence-corrected chi connectivity index (χ2v) is 3.89. The number of hydrogen-bond acceptors (Lipinski definition) is 4. The van der Waals surface area contributed by atoms with E-state index >= 15 is 0 Å². The lowest BCUT2D eigenvalue weighted by Gasteiger charge is -2.04. The van der Waals surface area contributed by atoms with Gasteiger partial charge in [-0.25, -0.2) is 9.59 Å². The molecule has 1 aromatic rings. The number of carbonyl (C=O) groups is 2. The van der Waals surface area contributed by atoms with Gasteiger partial charge in [-0.3, -0.25) is 0 Å². The van der Waals surface area contributed by atoms with Crippen LogP contribution in [0.25, 0.3) is 0 Å². The summed E-state index contributed by atoms with van der Waals surface area (Å²) < 4.78 is 9.05. The molecule has 4 heteroatoms. The van der Waals surface area contributed by atoms with Gasteiger partial charge in [-0.15, -0.1) is 0 Å². The van der Waals surface area contributed by atoms with Crippen LogP contribution in [0, 0.1) is 0 Å². The Morgan fingerprint density at radius 1 is 0.947 bits per heavy atom. The lowest BCUT2D eigenvalue weighted by Crippen LogP contribution is -2.11. The number of methoxy groups -OCH3 is 2. The molecule has 0 aliphatic rings. The summed E-state index contributed by atoms with van der Waals surface area (Å²) in [6.07, 6.45) is 2.08. The molecule has 1 rings (SSSR count). The molecule has 0 aromatic heterocycles. The molecule has 0 bridgehead atoms. The summed E-state index contributed by atoms with van der Waals surface area (Å²) in [7, 11) is 2.52. The fourth-order valence-corrected chi connectivity index (χ4v) is 1.06. The van der Waals surface area contributed by atoms with Gasteiger partial charge in [0, 0.05) is 0 Å². The summed E-state index contributed by atoms with van der Waals surface area (Å²) in [5.41, 5.74) is 1.80.